The van der Waals surface area contributed by atoms with E-state index < -0.39 is 0 Å². The molecule has 0 saturated carbocycles. The van der Waals surface area contributed by atoms with Crippen molar-refractivity contribution >= 4 is 17.7 Å². The molecule has 0 aromatic rings. The average molecular weight is 129 g/mol. The van der Waals surface area contributed by atoms with E-state index in [0.717, 1.165) is 6.54 Å². The molecule has 0 aromatic heterocycles. The van der Waals surface area contributed by atoms with E-state index in [1.165, 1.54) is 12.8 Å². The Balaban J connectivity index is 2.14. The lowest BCUT2D eigenvalue weighted by Gasteiger charge is -2.06. The summed E-state index contributed by atoms with van der Waals surface area (Å²) in [5.41, 5.74) is 2.48. The summed E-state index contributed by atoms with van der Waals surface area (Å²) in [5, 5.41) is 6.12. The van der Waals surface area contributed by atoms with Gasteiger partial charge < -0.3 is 5.32 Å². The Morgan fingerprint density at radius 3 is 3.12 bits per heavy atom. The highest BCUT2D eigenvalue weighted by molar-refractivity contribution is 7.78. The lowest BCUT2D eigenvalue weighted by Crippen LogP contribution is -2.35. The molecule has 0 bridgehead atoms. The molecule has 0 spiro atoms. The van der Waals surface area contributed by atoms with E-state index in [0.29, 0.717) is 6.17 Å². The van der Waals surface area contributed by atoms with Gasteiger partial charge in [0.05, 0.1) is 6.17 Å². The van der Waals surface area contributed by atoms with Gasteiger partial charge in [0.2, 0.25) is 0 Å². The highest BCUT2D eigenvalue weighted by atomic mass is 32.1. The molecule has 1 saturated heterocycles. The van der Waals surface area contributed by atoms with Crippen molar-refractivity contribution in [3.63, 3.8) is 0 Å². The van der Waals surface area contributed by atoms with Crippen molar-refractivity contribution in [1.29, 1.82) is 0 Å². The first-order valence-electron chi connectivity index (χ1n) is 2.79. The molecular weight excluding hydrogens is 120 g/mol. The van der Waals surface area contributed by atoms with E-state index in [-0.39, 0.29) is 0 Å². The highest BCUT2D eigenvalue weighted by Gasteiger charge is 2.10. The van der Waals surface area contributed by atoms with E-state index >= 15 is 0 Å². The quantitative estimate of drug-likeness (QED) is 0.409. The lowest BCUT2D eigenvalue weighted by atomic mass is 10.3. The predicted octanol–water partition coefficient (Wildman–Crippen LogP) is 0.120. The molecule has 1 heterocycles. The summed E-state index contributed by atoms with van der Waals surface area (Å²) in [5.74, 6) is 0. The van der Waals surface area contributed by atoms with Crippen LogP contribution < -0.4 is 10.6 Å². The third-order valence-electron chi connectivity index (χ3n) is 1.29. The normalized spacial score (nSPS) is 27.8. The van der Waals surface area contributed by atoms with Crippen molar-refractivity contribution in [1.82, 2.24) is 10.6 Å². The van der Waals surface area contributed by atoms with Crippen LogP contribution >= 0.6 is 12.2 Å². The molecule has 0 aliphatic carbocycles. The van der Waals surface area contributed by atoms with Crippen LogP contribution in [0.2, 0.25) is 0 Å². The van der Waals surface area contributed by atoms with Crippen LogP contribution in [-0.4, -0.2) is 18.2 Å². The minimum absolute atomic E-state index is 0.396. The molecule has 1 rings (SSSR count). The summed E-state index contributed by atoms with van der Waals surface area (Å²) in [6.07, 6.45) is 2.81. The summed E-state index contributed by atoms with van der Waals surface area (Å²) < 4.78 is 0. The highest BCUT2D eigenvalue weighted by Crippen LogP contribution is 1.99. The maximum Gasteiger partial charge on any atom is 0.135 e. The average Bonchev–Trinajstić information content (AvgIpc) is 2.19. The van der Waals surface area contributed by atoms with Crippen LogP contribution in [0.1, 0.15) is 12.8 Å². The molecule has 3 heteroatoms. The Kier molecular flexibility index (Phi) is 2.24. The van der Waals surface area contributed by atoms with Gasteiger partial charge in [-0.05, 0) is 19.4 Å². The zero-order valence-electron chi connectivity index (χ0n) is 4.61. The molecular formula is C5H9N2S. The number of hydrogen-bond acceptors (Lipinski definition) is 2. The molecule has 0 amide bonds. The summed E-state index contributed by atoms with van der Waals surface area (Å²) in [6.45, 7) is 1.11. The standard InChI is InChI=1S/C5H9N2S/c8-4-7-5-2-1-3-6-5/h5-6H,1-3H2,(H,7,8). The van der Waals surface area contributed by atoms with Crippen molar-refractivity contribution in [2.24, 2.45) is 0 Å². The summed E-state index contributed by atoms with van der Waals surface area (Å²) in [6, 6.07) is 0. The zero-order chi connectivity index (χ0) is 5.82. The van der Waals surface area contributed by atoms with E-state index in [2.05, 4.69) is 28.3 Å². The third kappa shape index (κ3) is 1.42. The number of hydrogen-bond donors (Lipinski definition) is 2. The van der Waals surface area contributed by atoms with Crippen LogP contribution in [-0.2, 0) is 0 Å². The largest absolute Gasteiger partial charge is 0.359 e. The SMILES string of the molecule is S=[C]NC1CCCN1. The second-order valence-electron chi connectivity index (χ2n) is 1.90. The minimum atomic E-state index is 0.396. The molecule has 2 N–H and O–H groups in total. The van der Waals surface area contributed by atoms with Gasteiger partial charge in [-0.2, -0.15) is 0 Å². The zero-order valence-corrected chi connectivity index (χ0v) is 5.42. The fourth-order valence-electron chi connectivity index (χ4n) is 0.879. The fraction of sp³-hybridized carbons (Fsp3) is 0.800. The van der Waals surface area contributed by atoms with Gasteiger partial charge >= 0.3 is 0 Å². The number of thiocarbonyl (C=S) groups is 1. The van der Waals surface area contributed by atoms with Gasteiger partial charge in [0.25, 0.3) is 0 Å². The minimum Gasteiger partial charge on any atom is -0.359 e. The maximum absolute atomic E-state index is 4.49. The molecule has 1 radical (unpaired) electrons. The van der Waals surface area contributed by atoms with Crippen LogP contribution in [0.15, 0.2) is 0 Å². The Morgan fingerprint density at radius 2 is 2.62 bits per heavy atom. The number of rotatable bonds is 2. The summed E-state index contributed by atoms with van der Waals surface area (Å²) in [4.78, 5) is 0. The van der Waals surface area contributed by atoms with Gasteiger partial charge in [-0.3, -0.25) is 5.32 Å². The second kappa shape index (κ2) is 2.99. The molecule has 8 heavy (non-hydrogen) atoms. The van der Waals surface area contributed by atoms with Crippen LogP contribution in [0, 0.1) is 0 Å². The van der Waals surface area contributed by atoms with Crippen molar-refractivity contribution in [2.45, 2.75) is 19.0 Å². The van der Waals surface area contributed by atoms with Crippen LogP contribution in [0.25, 0.3) is 0 Å². The van der Waals surface area contributed by atoms with Crippen LogP contribution in [0.3, 0.4) is 0 Å². The van der Waals surface area contributed by atoms with E-state index in [1.54, 1.807) is 0 Å². The van der Waals surface area contributed by atoms with Crippen molar-refractivity contribution in [2.75, 3.05) is 6.54 Å². The fourth-order valence-corrected chi connectivity index (χ4v) is 1.02. The molecule has 0 aromatic carbocycles. The monoisotopic (exact) mass is 129 g/mol. The topological polar surface area (TPSA) is 24.1 Å². The Labute approximate surface area is 54.7 Å². The first-order valence-corrected chi connectivity index (χ1v) is 3.20. The second-order valence-corrected chi connectivity index (χ2v) is 2.10. The van der Waals surface area contributed by atoms with Crippen molar-refractivity contribution in [3.8, 4) is 0 Å². The molecule has 1 atom stereocenters. The first-order chi connectivity index (χ1) is 3.93. The Morgan fingerprint density at radius 1 is 1.75 bits per heavy atom. The molecule has 1 unspecified atom stereocenters. The third-order valence-corrected chi connectivity index (χ3v) is 1.41. The van der Waals surface area contributed by atoms with Crippen LogP contribution in [0.5, 0.6) is 0 Å². The van der Waals surface area contributed by atoms with E-state index in [1.807, 2.05) is 0 Å². The van der Waals surface area contributed by atoms with Crippen LogP contribution in [0.4, 0.5) is 0 Å². The summed E-state index contributed by atoms with van der Waals surface area (Å²) >= 11 is 4.49. The molecule has 1 aliphatic rings. The van der Waals surface area contributed by atoms with E-state index in [9.17, 15) is 0 Å². The molecule has 1 fully saturated rings. The van der Waals surface area contributed by atoms with Gasteiger partial charge in [0, 0.05) is 0 Å². The van der Waals surface area contributed by atoms with E-state index in [4.69, 9.17) is 0 Å². The molecule has 1 aliphatic heterocycles. The maximum atomic E-state index is 4.49. The Bertz CT molecular complexity index is 78.5. The lowest BCUT2D eigenvalue weighted by molar-refractivity contribution is 0.580. The van der Waals surface area contributed by atoms with Crippen molar-refractivity contribution in [3.05, 3.63) is 0 Å². The Hall–Kier alpha value is -0.150. The van der Waals surface area contributed by atoms with Crippen molar-refractivity contribution < 1.29 is 0 Å². The smallest absolute Gasteiger partial charge is 0.135 e. The van der Waals surface area contributed by atoms with Gasteiger partial charge in [0.15, 0.2) is 0 Å². The van der Waals surface area contributed by atoms with Gasteiger partial charge in [-0.25, -0.2) is 0 Å². The summed E-state index contributed by atoms with van der Waals surface area (Å²) in [7, 11) is 0. The first kappa shape index (κ1) is 5.98. The molecule has 2 nitrogen and oxygen atoms in total. The van der Waals surface area contributed by atoms with Gasteiger partial charge in [-0.15, -0.1) is 0 Å². The predicted molar refractivity (Wildman–Crippen MR) is 36.8 cm³/mol. The van der Waals surface area contributed by atoms with Gasteiger partial charge in [0.1, 0.15) is 5.49 Å². The molecule has 45 valence electrons. The van der Waals surface area contributed by atoms with Gasteiger partial charge in [-0.1, -0.05) is 12.2 Å². The number of nitrogens with one attached hydrogen (secondary N) is 2.